The lowest BCUT2D eigenvalue weighted by atomic mass is 9.82. The van der Waals surface area contributed by atoms with Gasteiger partial charge in [-0.1, -0.05) is 55.5 Å². The van der Waals surface area contributed by atoms with Crippen LogP contribution in [-0.2, 0) is 0 Å². The fourth-order valence-corrected chi connectivity index (χ4v) is 1.91. The van der Waals surface area contributed by atoms with Crippen molar-refractivity contribution in [2.45, 2.75) is 13.3 Å². The molecule has 0 spiro atoms. The highest BCUT2D eigenvalue weighted by Gasteiger charge is 2.21. The van der Waals surface area contributed by atoms with Gasteiger partial charge in [-0.25, -0.2) is 0 Å². The molecule has 0 radical (unpaired) electrons. The van der Waals surface area contributed by atoms with E-state index in [1.165, 1.54) is 11.1 Å². The third-order valence-electron chi connectivity index (χ3n) is 2.87. The standard InChI is InChI=1S/C14H15Cl/c1-14(11-15)9-7-13(8-10-14)12-5-3-2-4-6-12/h2-9H,10-11H2,1H3. The van der Waals surface area contributed by atoms with Crippen molar-refractivity contribution in [3.05, 3.63) is 54.1 Å². The van der Waals surface area contributed by atoms with Gasteiger partial charge in [0.15, 0.2) is 0 Å². The molecule has 0 saturated heterocycles. The zero-order chi connectivity index (χ0) is 10.7. The maximum atomic E-state index is 5.93. The minimum absolute atomic E-state index is 0.139. The minimum atomic E-state index is 0.139. The van der Waals surface area contributed by atoms with Gasteiger partial charge in [-0.05, 0) is 17.6 Å². The molecule has 1 heteroatoms. The molecule has 1 aromatic rings. The van der Waals surface area contributed by atoms with Gasteiger partial charge in [0.2, 0.25) is 0 Å². The fraction of sp³-hybridized carbons (Fsp3) is 0.286. The second kappa shape index (κ2) is 4.24. The molecule has 0 N–H and O–H groups in total. The summed E-state index contributed by atoms with van der Waals surface area (Å²) in [6.07, 6.45) is 7.71. The predicted octanol–water partition coefficient (Wildman–Crippen LogP) is 4.28. The zero-order valence-corrected chi connectivity index (χ0v) is 9.67. The first-order chi connectivity index (χ1) is 7.23. The van der Waals surface area contributed by atoms with Crippen LogP contribution in [0.4, 0.5) is 0 Å². The van der Waals surface area contributed by atoms with E-state index in [-0.39, 0.29) is 5.41 Å². The molecule has 0 saturated carbocycles. The average Bonchev–Trinajstić information content (AvgIpc) is 2.31. The lowest BCUT2D eigenvalue weighted by Gasteiger charge is -2.25. The summed E-state index contributed by atoms with van der Waals surface area (Å²) in [5.41, 5.74) is 2.73. The number of halogens is 1. The molecule has 0 amide bonds. The van der Waals surface area contributed by atoms with Crippen LogP contribution in [0.5, 0.6) is 0 Å². The lowest BCUT2D eigenvalue weighted by molar-refractivity contribution is 0.493. The van der Waals surface area contributed by atoms with Crippen molar-refractivity contribution in [2.75, 3.05) is 5.88 Å². The Morgan fingerprint density at radius 2 is 2.00 bits per heavy atom. The summed E-state index contributed by atoms with van der Waals surface area (Å²) in [7, 11) is 0. The SMILES string of the molecule is CC1(CCl)C=CC(c2ccccc2)=CC1. The molecule has 1 aliphatic rings. The molecular weight excluding hydrogens is 204 g/mol. The molecule has 78 valence electrons. The Kier molecular flexibility index (Phi) is 2.97. The quantitative estimate of drug-likeness (QED) is 0.651. The molecule has 0 fully saturated rings. The van der Waals surface area contributed by atoms with Crippen molar-refractivity contribution in [1.82, 2.24) is 0 Å². The summed E-state index contributed by atoms with van der Waals surface area (Å²) in [6.45, 7) is 2.19. The second-order valence-electron chi connectivity index (χ2n) is 4.35. The Balaban J connectivity index is 2.20. The van der Waals surface area contributed by atoms with Crippen molar-refractivity contribution in [3.8, 4) is 0 Å². The molecule has 0 heterocycles. The van der Waals surface area contributed by atoms with Gasteiger partial charge in [0, 0.05) is 11.3 Å². The highest BCUT2D eigenvalue weighted by molar-refractivity contribution is 6.18. The normalized spacial score (nSPS) is 25.1. The molecule has 2 rings (SSSR count). The van der Waals surface area contributed by atoms with Crippen LogP contribution >= 0.6 is 11.6 Å². The molecule has 1 aliphatic carbocycles. The first kappa shape index (κ1) is 10.5. The van der Waals surface area contributed by atoms with Gasteiger partial charge in [-0.15, -0.1) is 11.6 Å². The summed E-state index contributed by atoms with van der Waals surface area (Å²) in [5.74, 6) is 0.683. The number of hydrogen-bond acceptors (Lipinski definition) is 0. The molecule has 0 aromatic heterocycles. The summed E-state index contributed by atoms with van der Waals surface area (Å²) in [4.78, 5) is 0. The monoisotopic (exact) mass is 218 g/mol. The third-order valence-corrected chi connectivity index (χ3v) is 3.48. The van der Waals surface area contributed by atoms with E-state index < -0.39 is 0 Å². The van der Waals surface area contributed by atoms with Gasteiger partial charge in [-0.3, -0.25) is 0 Å². The van der Waals surface area contributed by atoms with Crippen LogP contribution in [0.1, 0.15) is 18.9 Å². The number of allylic oxidation sites excluding steroid dienone is 4. The van der Waals surface area contributed by atoms with Crippen LogP contribution in [0.15, 0.2) is 48.6 Å². The van der Waals surface area contributed by atoms with Gasteiger partial charge < -0.3 is 0 Å². The summed E-state index contributed by atoms with van der Waals surface area (Å²) >= 11 is 5.93. The van der Waals surface area contributed by atoms with E-state index in [1.807, 2.05) is 6.07 Å². The minimum Gasteiger partial charge on any atom is -0.126 e. The van der Waals surface area contributed by atoms with Crippen molar-refractivity contribution in [3.63, 3.8) is 0 Å². The van der Waals surface area contributed by atoms with Crippen molar-refractivity contribution in [2.24, 2.45) is 5.41 Å². The largest absolute Gasteiger partial charge is 0.126 e. The number of hydrogen-bond donors (Lipinski definition) is 0. The van der Waals surface area contributed by atoms with Crippen molar-refractivity contribution < 1.29 is 0 Å². The summed E-state index contributed by atoms with van der Waals surface area (Å²) in [6, 6.07) is 10.5. The first-order valence-corrected chi connectivity index (χ1v) is 5.78. The zero-order valence-electron chi connectivity index (χ0n) is 8.91. The van der Waals surface area contributed by atoms with Gasteiger partial charge >= 0.3 is 0 Å². The lowest BCUT2D eigenvalue weighted by Crippen LogP contribution is -2.16. The fourth-order valence-electron chi connectivity index (χ4n) is 1.71. The van der Waals surface area contributed by atoms with E-state index in [4.69, 9.17) is 11.6 Å². The first-order valence-electron chi connectivity index (χ1n) is 5.24. The maximum absolute atomic E-state index is 5.93. The highest BCUT2D eigenvalue weighted by Crippen LogP contribution is 2.33. The van der Waals surface area contributed by atoms with Crippen LogP contribution in [-0.4, -0.2) is 5.88 Å². The predicted molar refractivity (Wildman–Crippen MR) is 67.0 cm³/mol. The average molecular weight is 219 g/mol. The van der Waals surface area contributed by atoms with E-state index in [2.05, 4.69) is 49.4 Å². The van der Waals surface area contributed by atoms with Gasteiger partial charge in [0.25, 0.3) is 0 Å². The molecule has 1 aromatic carbocycles. The van der Waals surface area contributed by atoms with Crippen LogP contribution in [0.3, 0.4) is 0 Å². The molecule has 1 unspecified atom stereocenters. The maximum Gasteiger partial charge on any atom is 0.0315 e. The molecule has 0 nitrogen and oxygen atoms in total. The number of benzene rings is 1. The van der Waals surface area contributed by atoms with Crippen LogP contribution in [0.2, 0.25) is 0 Å². The Hall–Kier alpha value is -1.01. The van der Waals surface area contributed by atoms with Gasteiger partial charge in [-0.2, -0.15) is 0 Å². The van der Waals surface area contributed by atoms with Crippen LogP contribution in [0.25, 0.3) is 5.57 Å². The Bertz CT molecular complexity index is 389. The van der Waals surface area contributed by atoms with Crippen LogP contribution < -0.4 is 0 Å². The second-order valence-corrected chi connectivity index (χ2v) is 4.62. The molecular formula is C14H15Cl. The van der Waals surface area contributed by atoms with Gasteiger partial charge in [0.1, 0.15) is 0 Å². The van der Waals surface area contributed by atoms with E-state index in [0.29, 0.717) is 5.88 Å². The van der Waals surface area contributed by atoms with Crippen LogP contribution in [0, 0.1) is 5.41 Å². The smallest absolute Gasteiger partial charge is 0.0315 e. The summed E-state index contributed by atoms with van der Waals surface area (Å²) < 4.78 is 0. The molecule has 15 heavy (non-hydrogen) atoms. The third kappa shape index (κ3) is 2.32. The Morgan fingerprint density at radius 1 is 1.27 bits per heavy atom. The van der Waals surface area contributed by atoms with E-state index >= 15 is 0 Å². The number of rotatable bonds is 2. The van der Waals surface area contributed by atoms with Gasteiger partial charge in [0.05, 0.1) is 0 Å². The van der Waals surface area contributed by atoms with E-state index in [0.717, 1.165) is 6.42 Å². The van der Waals surface area contributed by atoms with E-state index in [1.54, 1.807) is 0 Å². The highest BCUT2D eigenvalue weighted by atomic mass is 35.5. The topological polar surface area (TPSA) is 0 Å². The molecule has 0 bridgehead atoms. The Labute approximate surface area is 96.3 Å². The van der Waals surface area contributed by atoms with E-state index in [9.17, 15) is 0 Å². The molecule has 1 atom stereocenters. The summed E-state index contributed by atoms with van der Waals surface area (Å²) in [5, 5.41) is 0. The number of alkyl halides is 1. The Morgan fingerprint density at radius 3 is 2.53 bits per heavy atom. The molecule has 0 aliphatic heterocycles. The van der Waals surface area contributed by atoms with Crippen molar-refractivity contribution in [1.29, 1.82) is 0 Å². The van der Waals surface area contributed by atoms with Crippen molar-refractivity contribution >= 4 is 17.2 Å².